The Kier molecular flexibility index (Phi) is 7.04. The van der Waals surface area contributed by atoms with Crippen LogP contribution in [0.5, 0.6) is 5.75 Å². The highest BCUT2D eigenvalue weighted by Crippen LogP contribution is 2.20. The second-order valence-electron chi connectivity index (χ2n) is 6.37. The number of rotatable bonds is 8. The van der Waals surface area contributed by atoms with E-state index in [-0.39, 0.29) is 18.0 Å². The Balaban J connectivity index is 1.84. The van der Waals surface area contributed by atoms with Gasteiger partial charge in [-0.05, 0) is 42.0 Å². The number of carbonyl (C=O) groups is 1. The lowest BCUT2D eigenvalue weighted by Crippen LogP contribution is -2.37. The van der Waals surface area contributed by atoms with Gasteiger partial charge in [-0.3, -0.25) is 9.78 Å². The Labute approximate surface area is 180 Å². The Morgan fingerprint density at radius 3 is 2.57 bits per heavy atom. The summed E-state index contributed by atoms with van der Waals surface area (Å²) in [6, 6.07) is 16.6. The van der Waals surface area contributed by atoms with Crippen molar-refractivity contribution in [1.29, 1.82) is 0 Å². The molecule has 3 rings (SSSR count). The van der Waals surface area contributed by atoms with Crippen LogP contribution >= 0.6 is 11.6 Å². The molecule has 0 radical (unpaired) electrons. The van der Waals surface area contributed by atoms with E-state index in [0.717, 1.165) is 4.31 Å². The van der Waals surface area contributed by atoms with E-state index >= 15 is 0 Å². The van der Waals surface area contributed by atoms with E-state index in [2.05, 4.69) is 10.3 Å². The highest BCUT2D eigenvalue weighted by molar-refractivity contribution is 7.89. The zero-order valence-electron chi connectivity index (χ0n) is 16.2. The molecule has 0 aliphatic carbocycles. The first kappa shape index (κ1) is 21.8. The topological polar surface area (TPSA) is 88.6 Å². The highest BCUT2D eigenvalue weighted by Gasteiger charge is 2.27. The van der Waals surface area contributed by atoms with Crippen LogP contribution in [0.4, 0.5) is 5.69 Å². The molecule has 156 valence electrons. The van der Waals surface area contributed by atoms with E-state index in [4.69, 9.17) is 16.3 Å². The van der Waals surface area contributed by atoms with Gasteiger partial charge in [0.05, 0.1) is 13.7 Å². The molecule has 0 saturated heterocycles. The number of hydrogen-bond acceptors (Lipinski definition) is 5. The third-order valence-electron chi connectivity index (χ3n) is 4.22. The molecule has 0 unspecified atom stereocenters. The molecule has 1 heterocycles. The van der Waals surface area contributed by atoms with E-state index in [1.165, 1.54) is 31.6 Å². The fourth-order valence-corrected chi connectivity index (χ4v) is 4.20. The molecule has 0 aliphatic rings. The summed E-state index contributed by atoms with van der Waals surface area (Å²) in [4.78, 5) is 16.5. The number of anilines is 1. The summed E-state index contributed by atoms with van der Waals surface area (Å²) >= 11 is 5.92. The number of nitrogens with one attached hydrogen (secondary N) is 1. The van der Waals surface area contributed by atoms with E-state index in [1.54, 1.807) is 48.5 Å². The molecule has 9 heteroatoms. The molecular weight excluding hydrogens is 426 g/mol. The maximum absolute atomic E-state index is 13.2. The average molecular weight is 446 g/mol. The summed E-state index contributed by atoms with van der Waals surface area (Å²) in [6.07, 6.45) is 2.74. The number of sulfonamides is 1. The van der Waals surface area contributed by atoms with Crippen LogP contribution < -0.4 is 10.1 Å². The summed E-state index contributed by atoms with van der Waals surface area (Å²) in [6.45, 7) is -0.378. The van der Waals surface area contributed by atoms with E-state index in [1.807, 2.05) is 0 Å². The Bertz CT molecular complexity index is 1110. The van der Waals surface area contributed by atoms with Crippen LogP contribution in [0.3, 0.4) is 0 Å². The summed E-state index contributed by atoms with van der Waals surface area (Å²) in [5, 5.41) is 3.24. The molecule has 1 aromatic heterocycles. The maximum atomic E-state index is 13.2. The molecule has 0 aliphatic heterocycles. The Hall–Kier alpha value is -2.94. The molecule has 7 nitrogen and oxygen atoms in total. The summed E-state index contributed by atoms with van der Waals surface area (Å²) in [7, 11) is -2.43. The van der Waals surface area contributed by atoms with Crippen molar-refractivity contribution >= 4 is 33.2 Å². The van der Waals surface area contributed by atoms with Crippen molar-refractivity contribution < 1.29 is 17.9 Å². The van der Waals surface area contributed by atoms with Crippen molar-refractivity contribution in [1.82, 2.24) is 9.29 Å². The van der Waals surface area contributed by atoms with Gasteiger partial charge in [-0.15, -0.1) is 0 Å². The Morgan fingerprint density at radius 2 is 1.90 bits per heavy atom. The number of aromatic nitrogens is 1. The van der Waals surface area contributed by atoms with Crippen molar-refractivity contribution in [2.75, 3.05) is 19.0 Å². The fourth-order valence-electron chi connectivity index (χ4n) is 2.73. The van der Waals surface area contributed by atoms with Crippen LogP contribution in [0.2, 0.25) is 5.02 Å². The van der Waals surface area contributed by atoms with Crippen LogP contribution in [0.15, 0.2) is 78.0 Å². The molecular formula is C21H20ClN3O4S. The number of methoxy groups -OCH3 is 1. The van der Waals surface area contributed by atoms with Gasteiger partial charge in [0.2, 0.25) is 15.9 Å². The maximum Gasteiger partial charge on any atom is 0.245 e. The number of halogens is 1. The molecule has 2 aromatic carbocycles. The third kappa shape index (κ3) is 5.56. The van der Waals surface area contributed by atoms with Crippen LogP contribution in [0.25, 0.3) is 0 Å². The van der Waals surface area contributed by atoms with Crippen molar-refractivity contribution in [3.05, 3.63) is 83.6 Å². The summed E-state index contributed by atoms with van der Waals surface area (Å²) in [5.74, 6) is 0.0958. The van der Waals surface area contributed by atoms with Gasteiger partial charge < -0.3 is 10.1 Å². The molecule has 0 bridgehead atoms. The van der Waals surface area contributed by atoms with Gasteiger partial charge in [0.25, 0.3) is 0 Å². The minimum atomic E-state index is -3.96. The van der Waals surface area contributed by atoms with Crippen LogP contribution in [0.1, 0.15) is 5.56 Å². The average Bonchev–Trinajstić information content (AvgIpc) is 2.75. The van der Waals surface area contributed by atoms with Gasteiger partial charge in [0, 0.05) is 35.7 Å². The number of ether oxygens (including phenoxy) is 1. The molecule has 1 amide bonds. The minimum Gasteiger partial charge on any atom is -0.497 e. The summed E-state index contributed by atoms with van der Waals surface area (Å²) < 4.78 is 32.5. The molecule has 0 spiro atoms. The van der Waals surface area contributed by atoms with Crippen LogP contribution in [0, 0.1) is 0 Å². The minimum absolute atomic E-state index is 0.0000721. The highest BCUT2D eigenvalue weighted by atomic mass is 35.5. The molecule has 30 heavy (non-hydrogen) atoms. The van der Waals surface area contributed by atoms with Gasteiger partial charge in [0.15, 0.2) is 0 Å². The van der Waals surface area contributed by atoms with Crippen molar-refractivity contribution in [2.45, 2.75) is 11.4 Å². The van der Waals surface area contributed by atoms with Crippen LogP contribution in [-0.2, 0) is 21.4 Å². The first-order chi connectivity index (χ1) is 14.4. The zero-order chi connectivity index (χ0) is 21.6. The lowest BCUT2D eigenvalue weighted by Gasteiger charge is -2.22. The van der Waals surface area contributed by atoms with Gasteiger partial charge >= 0.3 is 0 Å². The third-order valence-corrected chi connectivity index (χ3v) is 6.25. The largest absolute Gasteiger partial charge is 0.497 e. The number of hydrogen-bond donors (Lipinski definition) is 1. The number of nitrogens with zero attached hydrogens (tertiary/aromatic N) is 2. The fraction of sp³-hybridized carbons (Fsp3) is 0.143. The van der Waals surface area contributed by atoms with E-state index < -0.39 is 15.9 Å². The van der Waals surface area contributed by atoms with E-state index in [0.29, 0.717) is 22.0 Å². The predicted molar refractivity (Wildman–Crippen MR) is 115 cm³/mol. The second kappa shape index (κ2) is 9.71. The van der Waals surface area contributed by atoms with Gasteiger partial charge in [-0.1, -0.05) is 29.8 Å². The van der Waals surface area contributed by atoms with E-state index in [9.17, 15) is 13.2 Å². The normalized spacial score (nSPS) is 11.3. The predicted octanol–water partition coefficient (Wildman–Crippen LogP) is 3.57. The van der Waals surface area contributed by atoms with Gasteiger partial charge in [0.1, 0.15) is 10.6 Å². The molecule has 3 aromatic rings. The molecule has 1 N–H and O–H groups in total. The van der Waals surface area contributed by atoms with Crippen molar-refractivity contribution in [3.63, 3.8) is 0 Å². The number of amides is 1. The first-order valence-electron chi connectivity index (χ1n) is 8.97. The molecule has 0 saturated carbocycles. The second-order valence-corrected chi connectivity index (χ2v) is 8.74. The lowest BCUT2D eigenvalue weighted by atomic mass is 10.2. The lowest BCUT2D eigenvalue weighted by molar-refractivity contribution is -0.116. The van der Waals surface area contributed by atoms with Crippen molar-refractivity contribution in [2.24, 2.45) is 0 Å². The standard InChI is InChI=1S/C21H20ClN3O4S/c1-29-19-5-2-4-18(12-19)24-21(26)15-25(14-16-7-9-17(22)10-8-16)30(27,28)20-6-3-11-23-13-20/h2-13H,14-15H2,1H3,(H,24,26). The monoisotopic (exact) mass is 445 g/mol. The van der Waals surface area contributed by atoms with Gasteiger partial charge in [-0.2, -0.15) is 4.31 Å². The summed E-state index contributed by atoms with van der Waals surface area (Å²) in [5.41, 5.74) is 1.20. The van der Waals surface area contributed by atoms with Crippen LogP contribution in [-0.4, -0.2) is 37.3 Å². The number of benzene rings is 2. The number of carbonyl (C=O) groups excluding carboxylic acids is 1. The van der Waals surface area contributed by atoms with Crippen molar-refractivity contribution in [3.8, 4) is 5.75 Å². The molecule has 0 fully saturated rings. The molecule has 0 atom stereocenters. The van der Waals surface area contributed by atoms with Gasteiger partial charge in [-0.25, -0.2) is 8.42 Å². The Morgan fingerprint density at radius 1 is 1.13 bits per heavy atom. The quantitative estimate of drug-likeness (QED) is 0.572. The number of pyridine rings is 1. The zero-order valence-corrected chi connectivity index (χ0v) is 17.7. The smallest absolute Gasteiger partial charge is 0.245 e. The SMILES string of the molecule is COc1cccc(NC(=O)CN(Cc2ccc(Cl)cc2)S(=O)(=O)c2cccnc2)c1. The first-order valence-corrected chi connectivity index (χ1v) is 10.8.